The fraction of sp³-hybridized carbons (Fsp3) is 0.222. The summed E-state index contributed by atoms with van der Waals surface area (Å²) in [5.74, 6) is 0. The second-order valence-electron chi connectivity index (χ2n) is 2.91. The van der Waals surface area contributed by atoms with Crippen molar-refractivity contribution in [2.75, 3.05) is 0 Å². The first-order valence-electron chi connectivity index (χ1n) is 3.77. The van der Waals surface area contributed by atoms with Crippen LogP contribution in [0.4, 0.5) is 0 Å². The molecule has 0 amide bonds. The molecular weight excluding hydrogens is 154 g/mol. The minimum Gasteiger partial charge on any atom is -0.378 e. The Hall–Kier alpha value is -1.51. The largest absolute Gasteiger partial charge is 0.378 e. The summed E-state index contributed by atoms with van der Waals surface area (Å²) >= 11 is 0. The maximum absolute atomic E-state index is 11.2. The smallest absolute Gasteiger partial charge is 0.288 e. The molecule has 0 fully saturated rings. The number of nitrogens with one attached hydrogen (secondary N) is 1. The van der Waals surface area contributed by atoms with Gasteiger partial charge < -0.3 is 4.52 Å². The highest BCUT2D eigenvalue weighted by atomic mass is 16.5. The van der Waals surface area contributed by atoms with Gasteiger partial charge in [-0.3, -0.25) is 4.79 Å². The van der Waals surface area contributed by atoms with Crippen molar-refractivity contribution in [3.8, 4) is 0 Å². The number of aromatic nitrogens is 1. The fourth-order valence-electron chi connectivity index (χ4n) is 1.31. The Morgan fingerprint density at radius 3 is 2.83 bits per heavy atom. The third-order valence-electron chi connectivity index (χ3n) is 2.18. The monoisotopic (exact) mass is 163 g/mol. The Morgan fingerprint density at radius 2 is 2.08 bits per heavy atom. The first-order chi connectivity index (χ1) is 5.70. The zero-order valence-corrected chi connectivity index (χ0v) is 6.97. The van der Waals surface area contributed by atoms with Gasteiger partial charge in [0.15, 0.2) is 5.58 Å². The van der Waals surface area contributed by atoms with Crippen LogP contribution < -0.4 is 5.56 Å². The van der Waals surface area contributed by atoms with E-state index in [0.717, 1.165) is 11.1 Å². The van der Waals surface area contributed by atoms with Crippen molar-refractivity contribution in [1.82, 2.24) is 5.16 Å². The van der Waals surface area contributed by atoms with Crippen LogP contribution in [0.25, 0.3) is 11.0 Å². The zero-order chi connectivity index (χ0) is 8.72. The number of rotatable bonds is 0. The Kier molecular flexibility index (Phi) is 1.33. The van der Waals surface area contributed by atoms with Crippen molar-refractivity contribution in [2.45, 2.75) is 13.8 Å². The normalized spacial score (nSPS) is 10.8. The Labute approximate surface area is 69.0 Å². The molecule has 3 nitrogen and oxygen atoms in total. The summed E-state index contributed by atoms with van der Waals surface area (Å²) < 4.78 is 4.95. The van der Waals surface area contributed by atoms with Crippen molar-refractivity contribution in [3.63, 3.8) is 0 Å². The van der Waals surface area contributed by atoms with Crippen molar-refractivity contribution in [3.05, 3.63) is 33.6 Å². The summed E-state index contributed by atoms with van der Waals surface area (Å²) in [4.78, 5) is 11.2. The van der Waals surface area contributed by atoms with E-state index in [9.17, 15) is 4.79 Å². The van der Waals surface area contributed by atoms with Crippen LogP contribution in [-0.2, 0) is 0 Å². The van der Waals surface area contributed by atoms with Crippen LogP contribution in [0.15, 0.2) is 21.5 Å². The van der Waals surface area contributed by atoms with Gasteiger partial charge in [0.05, 0.1) is 5.39 Å². The summed E-state index contributed by atoms with van der Waals surface area (Å²) in [6.07, 6.45) is 0. The number of H-pyrrole nitrogens is 1. The Morgan fingerprint density at radius 1 is 1.33 bits per heavy atom. The van der Waals surface area contributed by atoms with Gasteiger partial charge in [-0.15, -0.1) is 0 Å². The highest BCUT2D eigenvalue weighted by Gasteiger charge is 2.06. The molecular formula is C9H9NO2. The summed E-state index contributed by atoms with van der Waals surface area (Å²) in [5.41, 5.74) is 2.58. The van der Waals surface area contributed by atoms with Crippen LogP contribution >= 0.6 is 0 Å². The standard InChI is InChI=1S/C9H9NO2/c1-5-3-4-7-8(6(5)2)9(11)10-12-7/h3-4H,1-2H3,(H,10,11). The minimum atomic E-state index is -0.147. The molecule has 1 heterocycles. The number of hydrogen-bond acceptors (Lipinski definition) is 2. The summed E-state index contributed by atoms with van der Waals surface area (Å²) in [6, 6.07) is 3.74. The summed E-state index contributed by atoms with van der Waals surface area (Å²) in [6.45, 7) is 3.89. The van der Waals surface area contributed by atoms with Gasteiger partial charge in [0.25, 0.3) is 5.56 Å². The van der Waals surface area contributed by atoms with Crippen molar-refractivity contribution >= 4 is 11.0 Å². The predicted octanol–water partition coefficient (Wildman–Crippen LogP) is 1.74. The predicted molar refractivity (Wildman–Crippen MR) is 46.3 cm³/mol. The summed E-state index contributed by atoms with van der Waals surface area (Å²) in [5, 5.41) is 2.98. The Bertz CT molecular complexity index is 479. The fourth-order valence-corrected chi connectivity index (χ4v) is 1.31. The van der Waals surface area contributed by atoms with Gasteiger partial charge in [-0.05, 0) is 31.0 Å². The van der Waals surface area contributed by atoms with Gasteiger partial charge in [-0.2, -0.15) is 5.16 Å². The molecule has 0 saturated heterocycles. The molecule has 0 spiro atoms. The number of aryl methyl sites for hydroxylation is 2. The SMILES string of the molecule is Cc1ccc2o[nH]c(=O)c2c1C. The van der Waals surface area contributed by atoms with Crippen LogP contribution in [0.3, 0.4) is 0 Å². The van der Waals surface area contributed by atoms with Gasteiger partial charge in [0.1, 0.15) is 0 Å². The molecule has 3 heteroatoms. The first-order valence-corrected chi connectivity index (χ1v) is 3.77. The third-order valence-corrected chi connectivity index (χ3v) is 2.18. The number of benzene rings is 1. The minimum absolute atomic E-state index is 0.147. The van der Waals surface area contributed by atoms with E-state index in [2.05, 4.69) is 5.16 Å². The van der Waals surface area contributed by atoms with E-state index >= 15 is 0 Å². The average Bonchev–Trinajstić information content (AvgIpc) is 2.41. The average molecular weight is 163 g/mol. The molecule has 1 N–H and O–H groups in total. The lowest BCUT2D eigenvalue weighted by atomic mass is 10.1. The molecule has 1 aromatic carbocycles. The Balaban J connectivity index is 3.06. The molecule has 2 aromatic rings. The second kappa shape index (κ2) is 2.24. The lowest BCUT2D eigenvalue weighted by Crippen LogP contribution is -1.99. The molecule has 0 aliphatic rings. The van der Waals surface area contributed by atoms with Crippen LogP contribution in [-0.4, -0.2) is 5.16 Å². The molecule has 0 unspecified atom stereocenters. The molecule has 2 rings (SSSR count). The molecule has 62 valence electrons. The van der Waals surface area contributed by atoms with Gasteiger partial charge in [0, 0.05) is 0 Å². The second-order valence-corrected chi connectivity index (χ2v) is 2.91. The molecule has 1 aromatic heterocycles. The molecule has 0 aliphatic heterocycles. The molecule has 0 aliphatic carbocycles. The molecule has 12 heavy (non-hydrogen) atoms. The van der Waals surface area contributed by atoms with E-state index in [1.807, 2.05) is 19.9 Å². The van der Waals surface area contributed by atoms with Gasteiger partial charge in [-0.1, -0.05) is 6.07 Å². The highest BCUT2D eigenvalue weighted by molar-refractivity contribution is 5.80. The lowest BCUT2D eigenvalue weighted by Gasteiger charge is -1.96. The van der Waals surface area contributed by atoms with Crippen molar-refractivity contribution < 1.29 is 4.52 Å². The van der Waals surface area contributed by atoms with Gasteiger partial charge in [0.2, 0.25) is 0 Å². The number of hydrogen-bond donors (Lipinski definition) is 1. The van der Waals surface area contributed by atoms with E-state index in [1.54, 1.807) is 6.07 Å². The topological polar surface area (TPSA) is 46.0 Å². The molecule has 0 radical (unpaired) electrons. The third kappa shape index (κ3) is 0.794. The maximum Gasteiger partial charge on any atom is 0.288 e. The number of aromatic amines is 1. The quantitative estimate of drug-likeness (QED) is 0.643. The molecule has 0 bridgehead atoms. The lowest BCUT2D eigenvalue weighted by molar-refractivity contribution is 0.449. The highest BCUT2D eigenvalue weighted by Crippen LogP contribution is 2.17. The van der Waals surface area contributed by atoms with E-state index in [0.29, 0.717) is 11.0 Å². The maximum atomic E-state index is 11.2. The van der Waals surface area contributed by atoms with Crippen LogP contribution in [0.2, 0.25) is 0 Å². The summed E-state index contributed by atoms with van der Waals surface area (Å²) in [7, 11) is 0. The van der Waals surface area contributed by atoms with E-state index in [-0.39, 0.29) is 5.56 Å². The zero-order valence-electron chi connectivity index (χ0n) is 6.97. The van der Waals surface area contributed by atoms with Gasteiger partial charge >= 0.3 is 0 Å². The van der Waals surface area contributed by atoms with Crippen molar-refractivity contribution in [1.29, 1.82) is 0 Å². The van der Waals surface area contributed by atoms with Crippen LogP contribution in [0.5, 0.6) is 0 Å². The van der Waals surface area contributed by atoms with E-state index < -0.39 is 0 Å². The molecule has 0 saturated carbocycles. The van der Waals surface area contributed by atoms with Gasteiger partial charge in [-0.25, -0.2) is 0 Å². The van der Waals surface area contributed by atoms with E-state index in [4.69, 9.17) is 4.52 Å². The van der Waals surface area contributed by atoms with Crippen LogP contribution in [0.1, 0.15) is 11.1 Å². The van der Waals surface area contributed by atoms with E-state index in [1.165, 1.54) is 0 Å². The van der Waals surface area contributed by atoms with Crippen LogP contribution in [0, 0.1) is 13.8 Å². The first kappa shape index (κ1) is 7.16. The molecule has 0 atom stereocenters. The number of fused-ring (bicyclic) bond motifs is 1. The van der Waals surface area contributed by atoms with Crippen molar-refractivity contribution in [2.24, 2.45) is 0 Å².